The second kappa shape index (κ2) is 9.53. The molecule has 3 aromatic carbocycles. The molecule has 0 aliphatic rings. The summed E-state index contributed by atoms with van der Waals surface area (Å²) >= 11 is 14.5. The van der Waals surface area contributed by atoms with E-state index in [0.29, 0.717) is 28.9 Å². The van der Waals surface area contributed by atoms with Gasteiger partial charge in [0.2, 0.25) is 0 Å². The van der Waals surface area contributed by atoms with E-state index in [9.17, 15) is 0 Å². The van der Waals surface area contributed by atoms with Crippen molar-refractivity contribution in [2.75, 3.05) is 12.4 Å². The Kier molecular flexibility index (Phi) is 7.10. The van der Waals surface area contributed by atoms with Crippen LogP contribution in [0, 0.1) is 3.57 Å². The van der Waals surface area contributed by atoms with Crippen molar-refractivity contribution in [3.63, 3.8) is 0 Å². The van der Waals surface area contributed by atoms with Gasteiger partial charge in [-0.3, -0.25) is 0 Å². The average Bonchev–Trinajstić information content (AvgIpc) is 2.66. The van der Waals surface area contributed by atoms with Crippen LogP contribution in [0.1, 0.15) is 11.1 Å². The molecule has 0 aliphatic heterocycles. The summed E-state index contributed by atoms with van der Waals surface area (Å²) in [4.78, 5) is 0. The van der Waals surface area contributed by atoms with Gasteiger partial charge in [0, 0.05) is 11.6 Å². The van der Waals surface area contributed by atoms with Gasteiger partial charge < -0.3 is 14.8 Å². The average molecular weight is 514 g/mol. The molecule has 140 valence electrons. The molecule has 0 unspecified atom stereocenters. The molecular weight excluding hydrogens is 496 g/mol. The van der Waals surface area contributed by atoms with Gasteiger partial charge in [-0.1, -0.05) is 47.5 Å². The predicted octanol–water partition coefficient (Wildman–Crippen LogP) is 6.80. The van der Waals surface area contributed by atoms with Gasteiger partial charge in [0.15, 0.2) is 11.5 Å². The number of hydrogen-bond acceptors (Lipinski definition) is 3. The van der Waals surface area contributed by atoms with E-state index in [-0.39, 0.29) is 0 Å². The zero-order chi connectivity index (χ0) is 19.2. The molecule has 0 heterocycles. The van der Waals surface area contributed by atoms with Gasteiger partial charge in [0.05, 0.1) is 21.4 Å². The standard InChI is InChI=1S/C21H18Cl2INO2/c1-26-20-11-15(12-25-19-8-3-2-7-17(19)23)10-18(24)21(20)27-13-14-5-4-6-16(22)9-14/h2-11,25H,12-13H2,1H3. The van der Waals surface area contributed by atoms with Crippen LogP contribution < -0.4 is 14.8 Å². The van der Waals surface area contributed by atoms with Crippen molar-refractivity contribution in [1.82, 2.24) is 0 Å². The summed E-state index contributed by atoms with van der Waals surface area (Å²) in [7, 11) is 1.64. The fourth-order valence-electron chi connectivity index (χ4n) is 2.60. The fraction of sp³-hybridized carbons (Fsp3) is 0.143. The molecular formula is C21H18Cl2INO2. The highest BCUT2D eigenvalue weighted by Gasteiger charge is 2.12. The van der Waals surface area contributed by atoms with E-state index >= 15 is 0 Å². The third-order valence-corrected chi connectivity index (χ3v) is 5.28. The number of anilines is 1. The lowest BCUT2D eigenvalue weighted by atomic mass is 10.2. The fourth-order valence-corrected chi connectivity index (χ4v) is 3.84. The molecule has 0 aromatic heterocycles. The van der Waals surface area contributed by atoms with Crippen LogP contribution in [0.4, 0.5) is 5.69 Å². The van der Waals surface area contributed by atoms with Gasteiger partial charge in [-0.15, -0.1) is 0 Å². The third kappa shape index (κ3) is 5.43. The van der Waals surface area contributed by atoms with Crippen molar-refractivity contribution >= 4 is 51.5 Å². The first-order valence-corrected chi connectivity index (χ1v) is 10.1. The van der Waals surface area contributed by atoms with Gasteiger partial charge in [0.1, 0.15) is 6.61 Å². The van der Waals surface area contributed by atoms with Crippen molar-refractivity contribution in [3.8, 4) is 11.5 Å². The molecule has 0 aliphatic carbocycles. The monoisotopic (exact) mass is 513 g/mol. The summed E-state index contributed by atoms with van der Waals surface area (Å²) < 4.78 is 12.5. The zero-order valence-electron chi connectivity index (χ0n) is 14.6. The van der Waals surface area contributed by atoms with Crippen LogP contribution in [0.25, 0.3) is 0 Å². The maximum Gasteiger partial charge on any atom is 0.174 e. The number of benzene rings is 3. The second-order valence-corrected chi connectivity index (χ2v) is 7.87. The molecule has 6 heteroatoms. The molecule has 0 fully saturated rings. The third-order valence-electron chi connectivity index (χ3n) is 3.92. The van der Waals surface area contributed by atoms with Crippen molar-refractivity contribution < 1.29 is 9.47 Å². The van der Waals surface area contributed by atoms with Gasteiger partial charge in [0.25, 0.3) is 0 Å². The molecule has 1 N–H and O–H groups in total. The Morgan fingerprint density at radius 1 is 0.963 bits per heavy atom. The lowest BCUT2D eigenvalue weighted by Crippen LogP contribution is -2.04. The van der Waals surface area contributed by atoms with Gasteiger partial charge in [-0.2, -0.15) is 0 Å². The van der Waals surface area contributed by atoms with E-state index < -0.39 is 0 Å². The molecule has 0 saturated carbocycles. The Hall–Kier alpha value is -1.63. The minimum Gasteiger partial charge on any atom is -0.493 e. The van der Waals surface area contributed by atoms with E-state index in [4.69, 9.17) is 32.7 Å². The van der Waals surface area contributed by atoms with Crippen LogP contribution in [0.15, 0.2) is 60.7 Å². The molecule has 0 radical (unpaired) electrons. The van der Waals surface area contributed by atoms with E-state index in [2.05, 4.69) is 34.0 Å². The number of nitrogens with one attached hydrogen (secondary N) is 1. The molecule has 3 nitrogen and oxygen atoms in total. The predicted molar refractivity (Wildman–Crippen MR) is 120 cm³/mol. The van der Waals surface area contributed by atoms with E-state index in [0.717, 1.165) is 26.1 Å². The molecule has 0 amide bonds. The highest BCUT2D eigenvalue weighted by Crippen LogP contribution is 2.35. The first-order valence-electron chi connectivity index (χ1n) is 8.29. The van der Waals surface area contributed by atoms with Gasteiger partial charge in [-0.05, 0) is 70.1 Å². The smallest absolute Gasteiger partial charge is 0.174 e. The Morgan fingerprint density at radius 3 is 2.52 bits per heavy atom. The first kappa shape index (κ1) is 20.1. The molecule has 3 aromatic rings. The minimum absolute atomic E-state index is 0.421. The highest BCUT2D eigenvalue weighted by atomic mass is 127. The number of rotatable bonds is 7. The zero-order valence-corrected chi connectivity index (χ0v) is 18.3. The minimum atomic E-state index is 0.421. The van der Waals surface area contributed by atoms with E-state index in [1.807, 2.05) is 54.6 Å². The Balaban J connectivity index is 1.73. The summed E-state index contributed by atoms with van der Waals surface area (Å²) in [5.74, 6) is 1.42. The van der Waals surface area contributed by atoms with Crippen molar-refractivity contribution in [2.45, 2.75) is 13.2 Å². The number of halogens is 3. The van der Waals surface area contributed by atoms with E-state index in [1.165, 1.54) is 0 Å². The quantitative estimate of drug-likeness (QED) is 0.352. The number of ether oxygens (including phenoxy) is 2. The van der Waals surface area contributed by atoms with Crippen molar-refractivity contribution in [3.05, 3.63) is 85.4 Å². The SMILES string of the molecule is COc1cc(CNc2ccccc2Cl)cc(I)c1OCc1cccc(Cl)c1. The van der Waals surface area contributed by atoms with Crippen LogP contribution in [-0.2, 0) is 13.2 Å². The Morgan fingerprint density at radius 2 is 1.78 bits per heavy atom. The normalized spacial score (nSPS) is 10.5. The lowest BCUT2D eigenvalue weighted by molar-refractivity contribution is 0.282. The largest absolute Gasteiger partial charge is 0.493 e. The molecule has 0 saturated heterocycles. The second-order valence-electron chi connectivity index (χ2n) is 5.86. The summed E-state index contributed by atoms with van der Waals surface area (Å²) in [6, 6.07) is 19.3. The van der Waals surface area contributed by atoms with Crippen molar-refractivity contribution in [2.24, 2.45) is 0 Å². The highest BCUT2D eigenvalue weighted by molar-refractivity contribution is 14.1. The van der Waals surface area contributed by atoms with Gasteiger partial charge in [-0.25, -0.2) is 0 Å². The van der Waals surface area contributed by atoms with Crippen LogP contribution >= 0.6 is 45.8 Å². The number of para-hydroxylation sites is 1. The van der Waals surface area contributed by atoms with Crippen molar-refractivity contribution in [1.29, 1.82) is 0 Å². The molecule has 27 heavy (non-hydrogen) atoms. The maximum absolute atomic E-state index is 6.20. The first-order chi connectivity index (χ1) is 13.1. The van der Waals surface area contributed by atoms with Crippen LogP contribution in [0.3, 0.4) is 0 Å². The van der Waals surface area contributed by atoms with Crippen LogP contribution in [-0.4, -0.2) is 7.11 Å². The number of methoxy groups -OCH3 is 1. The molecule has 3 rings (SSSR count). The Bertz CT molecular complexity index is 934. The summed E-state index contributed by atoms with van der Waals surface area (Å²) in [5, 5.41) is 4.73. The summed E-state index contributed by atoms with van der Waals surface area (Å²) in [5.41, 5.74) is 2.98. The Labute approximate surface area is 182 Å². The molecule has 0 atom stereocenters. The van der Waals surface area contributed by atoms with Crippen LogP contribution in [0.2, 0.25) is 10.0 Å². The summed E-state index contributed by atoms with van der Waals surface area (Å²) in [6.07, 6.45) is 0. The van der Waals surface area contributed by atoms with Crippen LogP contribution in [0.5, 0.6) is 11.5 Å². The topological polar surface area (TPSA) is 30.5 Å². The summed E-state index contributed by atoms with van der Waals surface area (Å²) in [6.45, 7) is 1.05. The van der Waals surface area contributed by atoms with Gasteiger partial charge >= 0.3 is 0 Å². The maximum atomic E-state index is 6.20. The van der Waals surface area contributed by atoms with E-state index in [1.54, 1.807) is 7.11 Å². The number of hydrogen-bond donors (Lipinski definition) is 1. The molecule has 0 bridgehead atoms. The lowest BCUT2D eigenvalue weighted by Gasteiger charge is -2.15. The molecule has 0 spiro atoms.